The Morgan fingerprint density at radius 2 is 2.06 bits per heavy atom. The van der Waals surface area contributed by atoms with Crippen molar-refractivity contribution >= 4 is 5.91 Å². The van der Waals surface area contributed by atoms with Gasteiger partial charge in [0, 0.05) is 0 Å². The summed E-state index contributed by atoms with van der Waals surface area (Å²) >= 11 is 0. The number of halogens is 1. The molecule has 98 valence electrons. The van der Waals surface area contributed by atoms with Gasteiger partial charge in [0.25, 0.3) is 5.91 Å². The number of aliphatic hydroxyl groups is 1. The zero-order valence-corrected chi connectivity index (χ0v) is 10.4. The van der Waals surface area contributed by atoms with Crippen LogP contribution in [0.4, 0.5) is 4.39 Å². The van der Waals surface area contributed by atoms with Gasteiger partial charge in [0.1, 0.15) is 17.2 Å². The first-order valence-electron chi connectivity index (χ1n) is 5.83. The van der Waals surface area contributed by atoms with Gasteiger partial charge in [0.15, 0.2) is 0 Å². The molecule has 1 aliphatic heterocycles. The molecule has 4 nitrogen and oxygen atoms in total. The maximum absolute atomic E-state index is 13.0. The number of hydrogen-bond acceptors (Lipinski definition) is 3. The predicted octanol–water partition coefficient (Wildman–Crippen LogP) is 1.37. The highest BCUT2D eigenvalue weighted by atomic mass is 19.1. The van der Waals surface area contributed by atoms with E-state index in [0.717, 1.165) is 18.2 Å². The van der Waals surface area contributed by atoms with Gasteiger partial charge in [0.2, 0.25) is 0 Å². The van der Waals surface area contributed by atoms with Gasteiger partial charge in [-0.3, -0.25) is 4.79 Å². The molecular formula is C13H16FNO3. The summed E-state index contributed by atoms with van der Waals surface area (Å²) in [7, 11) is 0. The standard InChI is InChI=1S/C13H16FNO3/c1-8(2)13(18)6-15(7-13)12(17)10-5-9(14)3-4-11(10)16/h3-5,8,16,18H,6-7H2,1-2H3. The van der Waals surface area contributed by atoms with Gasteiger partial charge in [-0.2, -0.15) is 0 Å². The zero-order valence-electron chi connectivity index (χ0n) is 10.4. The van der Waals surface area contributed by atoms with Gasteiger partial charge in [0.05, 0.1) is 18.7 Å². The predicted molar refractivity (Wildman–Crippen MR) is 63.8 cm³/mol. The van der Waals surface area contributed by atoms with Crippen molar-refractivity contribution in [2.24, 2.45) is 5.92 Å². The van der Waals surface area contributed by atoms with E-state index in [4.69, 9.17) is 0 Å². The van der Waals surface area contributed by atoms with Crippen LogP contribution in [0.5, 0.6) is 5.75 Å². The molecule has 1 amide bonds. The second kappa shape index (κ2) is 4.24. The molecule has 0 radical (unpaired) electrons. The molecule has 1 aromatic rings. The molecule has 0 atom stereocenters. The monoisotopic (exact) mass is 253 g/mol. The first-order valence-corrected chi connectivity index (χ1v) is 5.83. The zero-order chi connectivity index (χ0) is 13.5. The number of likely N-dealkylation sites (tertiary alicyclic amines) is 1. The SMILES string of the molecule is CC(C)C1(O)CN(C(=O)c2cc(F)ccc2O)C1. The summed E-state index contributed by atoms with van der Waals surface area (Å²) in [6.45, 7) is 4.17. The first-order chi connectivity index (χ1) is 8.33. The maximum Gasteiger partial charge on any atom is 0.257 e. The van der Waals surface area contributed by atoms with Crippen LogP contribution in [-0.4, -0.2) is 39.7 Å². The molecule has 2 N–H and O–H groups in total. The molecule has 1 fully saturated rings. The van der Waals surface area contributed by atoms with Gasteiger partial charge < -0.3 is 15.1 Å². The Labute approximate surface area is 105 Å². The second-order valence-electron chi connectivity index (χ2n) is 5.08. The van der Waals surface area contributed by atoms with Crippen molar-refractivity contribution in [3.05, 3.63) is 29.6 Å². The van der Waals surface area contributed by atoms with Crippen molar-refractivity contribution in [1.82, 2.24) is 4.90 Å². The van der Waals surface area contributed by atoms with Crippen molar-refractivity contribution in [2.45, 2.75) is 19.4 Å². The van der Waals surface area contributed by atoms with Gasteiger partial charge in [-0.25, -0.2) is 4.39 Å². The van der Waals surface area contributed by atoms with Crippen LogP contribution >= 0.6 is 0 Å². The Balaban J connectivity index is 2.13. The second-order valence-corrected chi connectivity index (χ2v) is 5.08. The van der Waals surface area contributed by atoms with E-state index in [1.54, 1.807) is 0 Å². The topological polar surface area (TPSA) is 60.8 Å². The van der Waals surface area contributed by atoms with Crippen LogP contribution in [-0.2, 0) is 0 Å². The first kappa shape index (κ1) is 12.8. The molecule has 0 saturated carbocycles. The smallest absolute Gasteiger partial charge is 0.257 e. The summed E-state index contributed by atoms with van der Waals surface area (Å²) in [4.78, 5) is 13.4. The summed E-state index contributed by atoms with van der Waals surface area (Å²) < 4.78 is 13.0. The highest BCUT2D eigenvalue weighted by molar-refractivity contribution is 5.97. The van der Waals surface area contributed by atoms with E-state index in [-0.39, 0.29) is 30.3 Å². The van der Waals surface area contributed by atoms with E-state index in [1.165, 1.54) is 4.90 Å². The number of carbonyl (C=O) groups excluding carboxylic acids is 1. The van der Waals surface area contributed by atoms with Crippen molar-refractivity contribution in [2.75, 3.05) is 13.1 Å². The van der Waals surface area contributed by atoms with Crippen LogP contribution in [0.15, 0.2) is 18.2 Å². The van der Waals surface area contributed by atoms with Gasteiger partial charge >= 0.3 is 0 Å². The Morgan fingerprint density at radius 1 is 1.44 bits per heavy atom. The van der Waals surface area contributed by atoms with Crippen LogP contribution in [0.2, 0.25) is 0 Å². The van der Waals surface area contributed by atoms with E-state index >= 15 is 0 Å². The lowest BCUT2D eigenvalue weighted by molar-refractivity contribution is -0.110. The number of hydrogen-bond donors (Lipinski definition) is 2. The molecule has 1 aliphatic rings. The van der Waals surface area contributed by atoms with E-state index in [1.807, 2.05) is 13.8 Å². The lowest BCUT2D eigenvalue weighted by Gasteiger charge is -2.49. The molecule has 1 heterocycles. The number of benzene rings is 1. The normalized spacial score (nSPS) is 17.7. The van der Waals surface area contributed by atoms with E-state index in [9.17, 15) is 19.4 Å². The summed E-state index contributed by atoms with van der Waals surface area (Å²) in [5.74, 6) is -1.24. The Hall–Kier alpha value is -1.62. The Morgan fingerprint density at radius 3 is 2.61 bits per heavy atom. The highest BCUT2D eigenvalue weighted by Gasteiger charge is 2.46. The minimum atomic E-state index is -0.876. The number of phenolic OH excluding ortho intramolecular Hbond substituents is 1. The van der Waals surface area contributed by atoms with Gasteiger partial charge in [-0.05, 0) is 24.1 Å². The van der Waals surface area contributed by atoms with E-state index in [2.05, 4.69) is 0 Å². The molecule has 0 aliphatic carbocycles. The number of nitrogens with zero attached hydrogens (tertiary/aromatic N) is 1. The van der Waals surface area contributed by atoms with Crippen LogP contribution in [0, 0.1) is 11.7 Å². The summed E-state index contributed by atoms with van der Waals surface area (Å²) in [5, 5.41) is 19.6. The number of aromatic hydroxyl groups is 1. The van der Waals surface area contributed by atoms with Crippen molar-refractivity contribution in [1.29, 1.82) is 0 Å². The van der Waals surface area contributed by atoms with Crippen LogP contribution in [0.25, 0.3) is 0 Å². The van der Waals surface area contributed by atoms with Crippen molar-refractivity contribution < 1.29 is 19.4 Å². The van der Waals surface area contributed by atoms with Crippen LogP contribution in [0.1, 0.15) is 24.2 Å². The molecule has 1 saturated heterocycles. The van der Waals surface area contributed by atoms with Crippen LogP contribution < -0.4 is 0 Å². The summed E-state index contributed by atoms with van der Waals surface area (Å²) in [5.41, 5.74) is -0.945. The number of amides is 1. The quantitative estimate of drug-likeness (QED) is 0.837. The third-order valence-electron chi connectivity index (χ3n) is 3.48. The average Bonchev–Trinajstić information content (AvgIpc) is 2.27. The third kappa shape index (κ3) is 2.06. The third-order valence-corrected chi connectivity index (χ3v) is 3.48. The molecule has 0 spiro atoms. The lowest BCUT2D eigenvalue weighted by Crippen LogP contribution is -2.65. The number of phenols is 1. The molecule has 5 heteroatoms. The largest absolute Gasteiger partial charge is 0.507 e. The number of carbonyl (C=O) groups is 1. The minimum Gasteiger partial charge on any atom is -0.507 e. The maximum atomic E-state index is 13.0. The Kier molecular flexibility index (Phi) is 3.02. The van der Waals surface area contributed by atoms with Gasteiger partial charge in [-0.15, -0.1) is 0 Å². The number of β-amino-alcohol motifs (C(OH)–C–C–N with tert-alkyl or cyclic N) is 1. The Bertz CT molecular complexity index is 481. The fourth-order valence-corrected chi connectivity index (χ4v) is 1.97. The molecule has 0 bridgehead atoms. The van der Waals surface area contributed by atoms with Crippen molar-refractivity contribution in [3.63, 3.8) is 0 Å². The molecule has 0 unspecified atom stereocenters. The molecular weight excluding hydrogens is 237 g/mol. The summed E-state index contributed by atoms with van der Waals surface area (Å²) in [6, 6.07) is 3.24. The summed E-state index contributed by atoms with van der Waals surface area (Å²) in [6.07, 6.45) is 0. The van der Waals surface area contributed by atoms with E-state index < -0.39 is 17.3 Å². The molecule has 1 aromatic carbocycles. The average molecular weight is 253 g/mol. The number of rotatable bonds is 2. The van der Waals surface area contributed by atoms with Gasteiger partial charge in [-0.1, -0.05) is 13.8 Å². The van der Waals surface area contributed by atoms with Crippen LogP contribution in [0.3, 0.4) is 0 Å². The fraction of sp³-hybridized carbons (Fsp3) is 0.462. The lowest BCUT2D eigenvalue weighted by atomic mass is 9.82. The molecule has 0 aromatic heterocycles. The molecule has 2 rings (SSSR count). The van der Waals surface area contributed by atoms with Crippen molar-refractivity contribution in [3.8, 4) is 5.75 Å². The fourth-order valence-electron chi connectivity index (χ4n) is 1.97. The highest BCUT2D eigenvalue weighted by Crippen LogP contribution is 2.31. The van der Waals surface area contributed by atoms with E-state index in [0.29, 0.717) is 0 Å². The minimum absolute atomic E-state index is 0.0441. The molecule has 18 heavy (non-hydrogen) atoms.